The molecular formula is C24H31N3O. The van der Waals surface area contributed by atoms with E-state index < -0.39 is 0 Å². The number of aryl methyl sites for hydroxylation is 1. The second-order valence-corrected chi connectivity index (χ2v) is 8.16. The van der Waals surface area contributed by atoms with Crippen LogP contribution in [0.3, 0.4) is 0 Å². The van der Waals surface area contributed by atoms with Crippen LogP contribution in [0.25, 0.3) is 0 Å². The van der Waals surface area contributed by atoms with Crippen molar-refractivity contribution in [1.29, 1.82) is 0 Å². The Bertz CT molecular complexity index is 805. The minimum absolute atomic E-state index is 0.200. The molecule has 4 nitrogen and oxygen atoms in total. The lowest BCUT2D eigenvalue weighted by Crippen LogP contribution is -2.46. The highest BCUT2D eigenvalue weighted by Gasteiger charge is 2.20. The van der Waals surface area contributed by atoms with Crippen LogP contribution >= 0.6 is 0 Å². The number of likely N-dealkylation sites (tertiary alicyclic amines) is 1. The molecule has 2 aromatic rings. The summed E-state index contributed by atoms with van der Waals surface area (Å²) in [4.78, 5) is 19.8. The molecule has 4 heteroatoms. The first-order valence-corrected chi connectivity index (χ1v) is 10.6. The zero-order valence-electron chi connectivity index (χ0n) is 16.9. The molecule has 28 heavy (non-hydrogen) atoms. The lowest BCUT2D eigenvalue weighted by atomic mass is 10.1. The predicted octanol–water partition coefficient (Wildman–Crippen LogP) is 3.94. The van der Waals surface area contributed by atoms with Crippen LogP contribution in [0.15, 0.2) is 48.5 Å². The molecule has 2 aliphatic rings. The van der Waals surface area contributed by atoms with Crippen LogP contribution in [-0.2, 0) is 6.54 Å². The van der Waals surface area contributed by atoms with Gasteiger partial charge in [0, 0.05) is 57.1 Å². The molecule has 0 atom stereocenters. The molecule has 4 rings (SSSR count). The van der Waals surface area contributed by atoms with E-state index in [2.05, 4.69) is 53.1 Å². The molecule has 148 valence electrons. The Morgan fingerprint density at radius 1 is 0.857 bits per heavy atom. The Balaban J connectivity index is 1.34. The molecule has 0 spiro atoms. The number of anilines is 1. The normalized spacial score (nSPS) is 18.3. The SMILES string of the molecule is Cc1cccc(N2CCN(Cc3cccc(C(=O)N4CCCCC4)c3)CC2)c1. The van der Waals surface area contributed by atoms with Crippen LogP contribution in [0.4, 0.5) is 5.69 Å². The van der Waals surface area contributed by atoms with Crippen molar-refractivity contribution >= 4 is 11.6 Å². The fourth-order valence-corrected chi connectivity index (χ4v) is 4.33. The van der Waals surface area contributed by atoms with Crippen LogP contribution in [-0.4, -0.2) is 55.0 Å². The molecule has 2 heterocycles. The molecule has 0 saturated carbocycles. The molecule has 0 unspecified atom stereocenters. The van der Waals surface area contributed by atoms with Crippen molar-refractivity contribution in [2.24, 2.45) is 0 Å². The summed E-state index contributed by atoms with van der Waals surface area (Å²) < 4.78 is 0. The van der Waals surface area contributed by atoms with Crippen molar-refractivity contribution < 1.29 is 4.79 Å². The lowest BCUT2D eigenvalue weighted by Gasteiger charge is -2.36. The van der Waals surface area contributed by atoms with Crippen LogP contribution in [0.5, 0.6) is 0 Å². The van der Waals surface area contributed by atoms with E-state index in [0.29, 0.717) is 0 Å². The Kier molecular flexibility index (Phi) is 5.96. The summed E-state index contributed by atoms with van der Waals surface area (Å²) in [5.74, 6) is 0.200. The van der Waals surface area contributed by atoms with Crippen molar-refractivity contribution in [1.82, 2.24) is 9.80 Å². The smallest absolute Gasteiger partial charge is 0.253 e. The van der Waals surface area contributed by atoms with Crippen LogP contribution < -0.4 is 4.90 Å². The maximum Gasteiger partial charge on any atom is 0.253 e. The molecule has 0 aromatic heterocycles. The standard InChI is InChI=1S/C24H31N3O/c1-20-7-5-10-23(17-20)26-15-13-25(14-16-26)19-21-8-6-9-22(18-21)24(28)27-11-3-2-4-12-27/h5-10,17-18H,2-4,11-16,19H2,1H3. The van der Waals surface area contributed by atoms with Gasteiger partial charge in [-0.15, -0.1) is 0 Å². The topological polar surface area (TPSA) is 26.8 Å². The van der Waals surface area contributed by atoms with Crippen LogP contribution in [0, 0.1) is 6.92 Å². The second kappa shape index (κ2) is 8.78. The van der Waals surface area contributed by atoms with Gasteiger partial charge in [0.25, 0.3) is 5.91 Å². The highest BCUT2D eigenvalue weighted by molar-refractivity contribution is 5.94. The summed E-state index contributed by atoms with van der Waals surface area (Å²) in [5.41, 5.74) is 4.73. The van der Waals surface area contributed by atoms with Crippen molar-refractivity contribution in [3.63, 3.8) is 0 Å². The van der Waals surface area contributed by atoms with Gasteiger partial charge in [-0.25, -0.2) is 0 Å². The van der Waals surface area contributed by atoms with Crippen molar-refractivity contribution in [3.8, 4) is 0 Å². The van der Waals surface area contributed by atoms with Gasteiger partial charge in [0.15, 0.2) is 0 Å². The Hall–Kier alpha value is -2.33. The summed E-state index contributed by atoms with van der Waals surface area (Å²) in [5, 5.41) is 0. The number of carbonyl (C=O) groups excluding carboxylic acids is 1. The van der Waals surface area contributed by atoms with E-state index in [1.165, 1.54) is 23.2 Å². The first-order valence-electron chi connectivity index (χ1n) is 10.6. The van der Waals surface area contributed by atoms with Crippen LogP contribution in [0.1, 0.15) is 40.7 Å². The quantitative estimate of drug-likeness (QED) is 0.807. The third-order valence-electron chi connectivity index (χ3n) is 5.96. The average molecular weight is 378 g/mol. The monoisotopic (exact) mass is 377 g/mol. The molecule has 2 saturated heterocycles. The van der Waals surface area contributed by atoms with Crippen LogP contribution in [0.2, 0.25) is 0 Å². The predicted molar refractivity (Wildman–Crippen MR) is 115 cm³/mol. The van der Waals surface area contributed by atoms with E-state index in [4.69, 9.17) is 0 Å². The highest BCUT2D eigenvalue weighted by Crippen LogP contribution is 2.19. The number of piperidine rings is 1. The lowest BCUT2D eigenvalue weighted by molar-refractivity contribution is 0.0724. The van der Waals surface area contributed by atoms with Gasteiger partial charge < -0.3 is 9.80 Å². The van der Waals surface area contributed by atoms with E-state index in [1.807, 2.05) is 17.0 Å². The number of hydrogen-bond acceptors (Lipinski definition) is 3. The second-order valence-electron chi connectivity index (χ2n) is 8.16. The summed E-state index contributed by atoms with van der Waals surface area (Å²) in [7, 11) is 0. The maximum absolute atomic E-state index is 12.8. The van der Waals surface area contributed by atoms with E-state index >= 15 is 0 Å². The molecule has 2 aliphatic heterocycles. The Morgan fingerprint density at radius 2 is 1.61 bits per heavy atom. The number of amides is 1. The van der Waals surface area contributed by atoms with E-state index in [-0.39, 0.29) is 5.91 Å². The molecule has 0 radical (unpaired) electrons. The maximum atomic E-state index is 12.8. The van der Waals surface area contributed by atoms with Crippen molar-refractivity contribution in [2.45, 2.75) is 32.7 Å². The van der Waals surface area contributed by atoms with E-state index in [9.17, 15) is 4.79 Å². The fourth-order valence-electron chi connectivity index (χ4n) is 4.33. The average Bonchev–Trinajstić information content (AvgIpc) is 2.74. The third kappa shape index (κ3) is 4.56. The van der Waals surface area contributed by atoms with Gasteiger partial charge in [-0.1, -0.05) is 24.3 Å². The fraction of sp³-hybridized carbons (Fsp3) is 0.458. The Labute approximate surface area is 168 Å². The number of hydrogen-bond donors (Lipinski definition) is 0. The molecule has 1 amide bonds. The number of nitrogens with zero attached hydrogens (tertiary/aromatic N) is 3. The minimum Gasteiger partial charge on any atom is -0.369 e. The van der Waals surface area contributed by atoms with Gasteiger partial charge >= 0.3 is 0 Å². The third-order valence-corrected chi connectivity index (χ3v) is 5.96. The molecular weight excluding hydrogens is 346 g/mol. The number of rotatable bonds is 4. The zero-order chi connectivity index (χ0) is 19.3. The first-order chi connectivity index (χ1) is 13.7. The summed E-state index contributed by atoms with van der Waals surface area (Å²) in [6.45, 7) is 9.09. The number of piperazine rings is 1. The molecule has 2 fully saturated rings. The van der Waals surface area contributed by atoms with E-state index in [0.717, 1.165) is 64.2 Å². The molecule has 0 aliphatic carbocycles. The van der Waals surface area contributed by atoms with Gasteiger partial charge in [0.2, 0.25) is 0 Å². The first kappa shape index (κ1) is 19.0. The Morgan fingerprint density at radius 3 is 2.36 bits per heavy atom. The van der Waals surface area contributed by atoms with Gasteiger partial charge in [0.05, 0.1) is 0 Å². The largest absolute Gasteiger partial charge is 0.369 e. The minimum atomic E-state index is 0.200. The number of carbonyl (C=O) groups is 1. The molecule has 0 bridgehead atoms. The van der Waals surface area contributed by atoms with Gasteiger partial charge in [-0.05, 0) is 61.6 Å². The molecule has 2 aromatic carbocycles. The van der Waals surface area contributed by atoms with Crippen molar-refractivity contribution in [2.75, 3.05) is 44.2 Å². The molecule has 0 N–H and O–H groups in total. The van der Waals surface area contributed by atoms with Gasteiger partial charge in [-0.3, -0.25) is 9.69 Å². The van der Waals surface area contributed by atoms with E-state index in [1.54, 1.807) is 0 Å². The summed E-state index contributed by atoms with van der Waals surface area (Å²) in [6, 6.07) is 17.0. The summed E-state index contributed by atoms with van der Waals surface area (Å²) >= 11 is 0. The zero-order valence-corrected chi connectivity index (χ0v) is 16.9. The number of benzene rings is 2. The highest BCUT2D eigenvalue weighted by atomic mass is 16.2. The van der Waals surface area contributed by atoms with Crippen molar-refractivity contribution in [3.05, 3.63) is 65.2 Å². The van der Waals surface area contributed by atoms with Gasteiger partial charge in [-0.2, -0.15) is 0 Å². The van der Waals surface area contributed by atoms with Gasteiger partial charge in [0.1, 0.15) is 0 Å². The summed E-state index contributed by atoms with van der Waals surface area (Å²) in [6.07, 6.45) is 3.52.